The van der Waals surface area contributed by atoms with E-state index >= 15 is 0 Å². The van der Waals surface area contributed by atoms with Crippen molar-refractivity contribution in [3.8, 4) is 0 Å². The number of nitrogens with one attached hydrogen (secondary N) is 2. The smallest absolute Gasteiger partial charge is 0.244 e. The van der Waals surface area contributed by atoms with Gasteiger partial charge in [0.2, 0.25) is 11.8 Å². The summed E-state index contributed by atoms with van der Waals surface area (Å²) in [5.41, 5.74) is 0. The summed E-state index contributed by atoms with van der Waals surface area (Å²) in [6.07, 6.45) is 3.28. The Bertz CT molecular complexity index is 332. The summed E-state index contributed by atoms with van der Waals surface area (Å²) >= 11 is 1.75. The standard InChI is InChI=1S/C13H23N3O2S/c1-2-15-12(17)10-9-14-6-7-16(10)13(18)11-5-3-4-8-19-11/h10-11,14H,2-9H2,1H3,(H,15,17). The number of thioether (sulfide) groups is 1. The number of nitrogens with zero attached hydrogens (tertiary/aromatic N) is 1. The second kappa shape index (κ2) is 7.14. The molecule has 0 radical (unpaired) electrons. The highest BCUT2D eigenvalue weighted by atomic mass is 32.2. The monoisotopic (exact) mass is 285 g/mol. The van der Waals surface area contributed by atoms with Gasteiger partial charge in [0.15, 0.2) is 0 Å². The van der Waals surface area contributed by atoms with Gasteiger partial charge in [-0.05, 0) is 25.5 Å². The van der Waals surface area contributed by atoms with Gasteiger partial charge in [0.05, 0.1) is 5.25 Å². The Kier molecular flexibility index (Phi) is 5.51. The second-order valence-corrected chi connectivity index (χ2v) is 6.31. The predicted octanol–water partition coefficient (Wildman–Crippen LogP) is 0.209. The van der Waals surface area contributed by atoms with Gasteiger partial charge in [0.1, 0.15) is 6.04 Å². The van der Waals surface area contributed by atoms with Crippen molar-refractivity contribution < 1.29 is 9.59 Å². The molecule has 5 nitrogen and oxygen atoms in total. The minimum absolute atomic E-state index is 0.0381. The van der Waals surface area contributed by atoms with E-state index in [4.69, 9.17) is 0 Å². The van der Waals surface area contributed by atoms with E-state index in [1.54, 1.807) is 16.7 Å². The lowest BCUT2D eigenvalue weighted by Crippen LogP contribution is -2.61. The molecule has 0 spiro atoms. The molecule has 2 fully saturated rings. The molecule has 0 saturated carbocycles. The first-order valence-corrected chi connectivity index (χ1v) is 8.19. The van der Waals surface area contributed by atoms with Crippen LogP contribution >= 0.6 is 11.8 Å². The van der Waals surface area contributed by atoms with Crippen LogP contribution in [0.1, 0.15) is 26.2 Å². The minimum Gasteiger partial charge on any atom is -0.355 e. The van der Waals surface area contributed by atoms with E-state index in [2.05, 4.69) is 10.6 Å². The van der Waals surface area contributed by atoms with Gasteiger partial charge in [0, 0.05) is 26.2 Å². The van der Waals surface area contributed by atoms with Crippen molar-refractivity contribution in [2.75, 3.05) is 31.9 Å². The molecule has 2 saturated heterocycles. The zero-order chi connectivity index (χ0) is 13.7. The summed E-state index contributed by atoms with van der Waals surface area (Å²) in [5.74, 6) is 1.18. The third-order valence-corrected chi connectivity index (χ3v) is 5.00. The Balaban J connectivity index is 2.01. The Morgan fingerprint density at radius 2 is 2.26 bits per heavy atom. The first kappa shape index (κ1) is 14.7. The Hall–Kier alpha value is -0.750. The topological polar surface area (TPSA) is 61.4 Å². The molecule has 2 aliphatic rings. The van der Waals surface area contributed by atoms with E-state index in [-0.39, 0.29) is 23.1 Å². The fourth-order valence-corrected chi connectivity index (χ4v) is 3.88. The van der Waals surface area contributed by atoms with Crippen LogP contribution in [0.4, 0.5) is 0 Å². The van der Waals surface area contributed by atoms with Crippen LogP contribution in [0.15, 0.2) is 0 Å². The van der Waals surface area contributed by atoms with Crippen molar-refractivity contribution in [1.82, 2.24) is 15.5 Å². The van der Waals surface area contributed by atoms with Gasteiger partial charge in [-0.1, -0.05) is 6.42 Å². The van der Waals surface area contributed by atoms with Crippen LogP contribution in [0.2, 0.25) is 0 Å². The third-order valence-electron chi connectivity index (χ3n) is 3.64. The first-order valence-electron chi connectivity index (χ1n) is 7.14. The zero-order valence-corrected chi connectivity index (χ0v) is 12.3. The summed E-state index contributed by atoms with van der Waals surface area (Å²) in [6.45, 7) is 4.48. The molecule has 6 heteroatoms. The Morgan fingerprint density at radius 3 is 2.95 bits per heavy atom. The van der Waals surface area contributed by atoms with Crippen LogP contribution in [0, 0.1) is 0 Å². The summed E-state index contributed by atoms with van der Waals surface area (Å²) in [7, 11) is 0. The maximum absolute atomic E-state index is 12.6. The van der Waals surface area contributed by atoms with E-state index in [1.807, 2.05) is 6.92 Å². The molecule has 0 aromatic carbocycles. The largest absolute Gasteiger partial charge is 0.355 e. The Labute approximate surface area is 118 Å². The lowest BCUT2D eigenvalue weighted by Gasteiger charge is -2.37. The molecule has 0 aliphatic carbocycles. The normalized spacial score (nSPS) is 27.9. The van der Waals surface area contributed by atoms with Crippen LogP contribution in [0.5, 0.6) is 0 Å². The number of carbonyl (C=O) groups excluding carboxylic acids is 2. The SMILES string of the molecule is CCNC(=O)C1CNCCN1C(=O)C1CCCCS1. The second-order valence-electron chi connectivity index (χ2n) is 5.00. The summed E-state index contributed by atoms with van der Waals surface area (Å²) in [4.78, 5) is 26.4. The highest BCUT2D eigenvalue weighted by Crippen LogP contribution is 2.27. The third kappa shape index (κ3) is 3.63. The molecular weight excluding hydrogens is 262 g/mol. The average Bonchev–Trinajstić information content (AvgIpc) is 2.47. The highest BCUT2D eigenvalue weighted by molar-refractivity contribution is 8.00. The fourth-order valence-electron chi connectivity index (χ4n) is 2.61. The lowest BCUT2D eigenvalue weighted by molar-refractivity contribution is -0.141. The van der Waals surface area contributed by atoms with Crippen LogP contribution < -0.4 is 10.6 Å². The van der Waals surface area contributed by atoms with Gasteiger partial charge >= 0.3 is 0 Å². The van der Waals surface area contributed by atoms with Crippen molar-refractivity contribution in [3.05, 3.63) is 0 Å². The van der Waals surface area contributed by atoms with Crippen molar-refractivity contribution in [3.63, 3.8) is 0 Å². The minimum atomic E-state index is -0.344. The molecule has 2 amide bonds. The molecule has 2 N–H and O–H groups in total. The number of rotatable bonds is 3. The lowest BCUT2D eigenvalue weighted by atomic mass is 10.1. The predicted molar refractivity (Wildman–Crippen MR) is 77.2 cm³/mol. The summed E-state index contributed by atoms with van der Waals surface area (Å²) in [6, 6.07) is -0.344. The number of hydrogen-bond donors (Lipinski definition) is 2. The van der Waals surface area contributed by atoms with Crippen molar-refractivity contribution in [1.29, 1.82) is 0 Å². The molecule has 0 bridgehead atoms. The molecule has 2 rings (SSSR count). The molecule has 2 heterocycles. The van der Waals surface area contributed by atoms with Gasteiger partial charge in [-0.3, -0.25) is 9.59 Å². The molecule has 0 aromatic heterocycles. The first-order chi connectivity index (χ1) is 9.24. The van der Waals surface area contributed by atoms with Crippen molar-refractivity contribution >= 4 is 23.6 Å². The molecule has 0 aromatic rings. The molecular formula is C13H23N3O2S. The Morgan fingerprint density at radius 1 is 1.42 bits per heavy atom. The summed E-state index contributed by atoms with van der Waals surface area (Å²) in [5, 5.41) is 6.08. The average molecular weight is 285 g/mol. The molecule has 108 valence electrons. The van der Waals surface area contributed by atoms with Crippen LogP contribution in [-0.2, 0) is 9.59 Å². The van der Waals surface area contributed by atoms with E-state index in [0.717, 1.165) is 25.1 Å². The maximum atomic E-state index is 12.6. The van der Waals surface area contributed by atoms with Crippen LogP contribution in [0.3, 0.4) is 0 Å². The van der Waals surface area contributed by atoms with E-state index in [0.29, 0.717) is 19.6 Å². The van der Waals surface area contributed by atoms with E-state index in [1.165, 1.54) is 6.42 Å². The molecule has 2 atom stereocenters. The van der Waals surface area contributed by atoms with E-state index < -0.39 is 0 Å². The van der Waals surface area contributed by atoms with Gasteiger partial charge in [-0.25, -0.2) is 0 Å². The number of hydrogen-bond acceptors (Lipinski definition) is 4. The van der Waals surface area contributed by atoms with Crippen LogP contribution in [-0.4, -0.2) is 59.9 Å². The van der Waals surface area contributed by atoms with E-state index in [9.17, 15) is 9.59 Å². The van der Waals surface area contributed by atoms with Crippen molar-refractivity contribution in [2.24, 2.45) is 0 Å². The summed E-state index contributed by atoms with van der Waals surface area (Å²) < 4.78 is 0. The zero-order valence-electron chi connectivity index (χ0n) is 11.5. The highest BCUT2D eigenvalue weighted by Gasteiger charge is 2.35. The number of piperazine rings is 1. The maximum Gasteiger partial charge on any atom is 0.244 e. The van der Waals surface area contributed by atoms with Crippen molar-refractivity contribution in [2.45, 2.75) is 37.5 Å². The molecule has 19 heavy (non-hydrogen) atoms. The fraction of sp³-hybridized carbons (Fsp3) is 0.846. The number of amides is 2. The quantitative estimate of drug-likeness (QED) is 0.778. The van der Waals surface area contributed by atoms with Gasteiger partial charge < -0.3 is 15.5 Å². The number of carbonyl (C=O) groups is 2. The molecule has 2 aliphatic heterocycles. The number of likely N-dealkylation sites (N-methyl/N-ethyl adjacent to an activating group) is 1. The molecule has 2 unspecified atom stereocenters. The van der Waals surface area contributed by atoms with Gasteiger partial charge in [-0.2, -0.15) is 0 Å². The van der Waals surface area contributed by atoms with Crippen LogP contribution in [0.25, 0.3) is 0 Å². The van der Waals surface area contributed by atoms with Gasteiger partial charge in [-0.15, -0.1) is 11.8 Å². The van der Waals surface area contributed by atoms with Gasteiger partial charge in [0.25, 0.3) is 0 Å².